The number of hydrogen-bond donors (Lipinski definition) is 1. The first-order valence-corrected chi connectivity index (χ1v) is 10.9. The summed E-state index contributed by atoms with van der Waals surface area (Å²) in [5.41, 5.74) is 2.40. The molecule has 2 aromatic rings. The van der Waals surface area contributed by atoms with Crippen LogP contribution in [-0.4, -0.2) is 47.3 Å². The summed E-state index contributed by atoms with van der Waals surface area (Å²) in [6, 6.07) is 9.20. The molecule has 0 radical (unpaired) electrons. The Hall–Kier alpha value is -2.18. The van der Waals surface area contributed by atoms with Gasteiger partial charge in [-0.25, -0.2) is 4.98 Å². The van der Waals surface area contributed by atoms with E-state index in [1.165, 1.54) is 18.2 Å². The fraction of sp³-hybridized carbons (Fsp3) is 0.583. The van der Waals surface area contributed by atoms with Gasteiger partial charge in [0.1, 0.15) is 5.60 Å². The summed E-state index contributed by atoms with van der Waals surface area (Å²) in [4.78, 5) is 11.1. The molecule has 30 heavy (non-hydrogen) atoms. The predicted molar refractivity (Wildman–Crippen MR) is 116 cm³/mol. The Balaban J connectivity index is 1.54. The summed E-state index contributed by atoms with van der Waals surface area (Å²) < 4.78 is 10.6. The second kappa shape index (κ2) is 8.52. The Kier molecular flexibility index (Phi) is 5.98. The minimum absolute atomic E-state index is 0.145. The summed E-state index contributed by atoms with van der Waals surface area (Å²) in [5.74, 6) is 1.57. The number of aliphatic hydroxyl groups is 1. The Bertz CT molecular complexity index is 870. The fourth-order valence-electron chi connectivity index (χ4n) is 5.24. The fourth-order valence-corrected chi connectivity index (χ4v) is 5.24. The van der Waals surface area contributed by atoms with Gasteiger partial charge in [0.05, 0.1) is 19.8 Å². The van der Waals surface area contributed by atoms with Crippen molar-refractivity contribution in [2.45, 2.75) is 51.2 Å². The quantitative estimate of drug-likeness (QED) is 0.781. The van der Waals surface area contributed by atoms with E-state index >= 15 is 0 Å². The number of nitrogens with zero attached hydrogens (tertiary/aromatic N) is 3. The van der Waals surface area contributed by atoms with E-state index in [0.29, 0.717) is 29.7 Å². The molecule has 1 saturated carbocycles. The van der Waals surface area contributed by atoms with Crippen LogP contribution >= 0.6 is 0 Å². The van der Waals surface area contributed by atoms with Crippen LogP contribution in [0.5, 0.6) is 11.9 Å². The van der Waals surface area contributed by atoms with Gasteiger partial charge < -0.3 is 14.6 Å². The van der Waals surface area contributed by atoms with Crippen LogP contribution in [0.3, 0.4) is 0 Å². The molecular weight excluding hydrogens is 378 g/mol. The summed E-state index contributed by atoms with van der Waals surface area (Å²) in [5, 5.41) is 11.8. The third kappa shape index (κ3) is 3.91. The van der Waals surface area contributed by atoms with Crippen molar-refractivity contribution in [3.8, 4) is 11.9 Å². The molecule has 0 unspecified atom stereocenters. The van der Waals surface area contributed by atoms with Crippen molar-refractivity contribution in [2.75, 3.05) is 27.3 Å². The highest BCUT2D eigenvalue weighted by molar-refractivity contribution is 5.33. The summed E-state index contributed by atoms with van der Waals surface area (Å²) in [6.45, 7) is 7.23. The van der Waals surface area contributed by atoms with E-state index in [4.69, 9.17) is 9.47 Å². The minimum Gasteiger partial charge on any atom is -0.481 e. The standard InChI is InChI=1S/C24H33N3O3/c1-16(2)18-9-7-17(8-10-18)13-27-14-19-6-5-11-24(28,21(19)15-27)20-12-25-23(30-4)26-22(20)29-3/h7-10,12,16,19,21,28H,5-6,11,13-15H2,1-4H3/t19-,21+,24+/m0/s1. The Morgan fingerprint density at radius 2 is 1.93 bits per heavy atom. The highest BCUT2D eigenvalue weighted by Crippen LogP contribution is 2.50. The third-order valence-corrected chi connectivity index (χ3v) is 6.89. The topological polar surface area (TPSA) is 67.7 Å². The van der Waals surface area contributed by atoms with Crippen LogP contribution in [0.4, 0.5) is 0 Å². The molecule has 2 fully saturated rings. The van der Waals surface area contributed by atoms with Crippen LogP contribution < -0.4 is 9.47 Å². The first kappa shape index (κ1) is 21.1. The molecule has 1 N–H and O–H groups in total. The summed E-state index contributed by atoms with van der Waals surface area (Å²) in [6.07, 6.45) is 4.52. The van der Waals surface area contributed by atoms with Crippen LogP contribution in [0.25, 0.3) is 0 Å². The smallest absolute Gasteiger partial charge is 0.319 e. The molecular formula is C24H33N3O3. The van der Waals surface area contributed by atoms with Crippen LogP contribution in [0.1, 0.15) is 55.7 Å². The second-order valence-corrected chi connectivity index (χ2v) is 9.05. The van der Waals surface area contributed by atoms with Gasteiger partial charge in [-0.1, -0.05) is 38.1 Å². The van der Waals surface area contributed by atoms with E-state index in [0.717, 1.165) is 32.5 Å². The lowest BCUT2D eigenvalue weighted by Crippen LogP contribution is -2.43. The van der Waals surface area contributed by atoms with Crippen LogP contribution in [-0.2, 0) is 12.1 Å². The number of benzene rings is 1. The van der Waals surface area contributed by atoms with Gasteiger partial charge in [0.2, 0.25) is 5.88 Å². The lowest BCUT2D eigenvalue weighted by atomic mass is 9.68. The Morgan fingerprint density at radius 1 is 1.17 bits per heavy atom. The van der Waals surface area contributed by atoms with E-state index in [9.17, 15) is 5.11 Å². The van der Waals surface area contributed by atoms with Gasteiger partial charge in [0, 0.05) is 31.7 Å². The molecule has 162 valence electrons. The van der Waals surface area contributed by atoms with E-state index in [1.807, 2.05) is 0 Å². The molecule has 1 saturated heterocycles. The zero-order valence-electron chi connectivity index (χ0n) is 18.5. The molecule has 1 aliphatic heterocycles. The molecule has 0 spiro atoms. The monoisotopic (exact) mass is 411 g/mol. The van der Waals surface area contributed by atoms with Gasteiger partial charge in [0.15, 0.2) is 0 Å². The molecule has 1 aliphatic carbocycles. The Labute approximate surface area is 179 Å². The molecule has 0 amide bonds. The predicted octanol–water partition coefficient (Wildman–Crippen LogP) is 3.74. The molecule has 3 atom stereocenters. The van der Waals surface area contributed by atoms with Gasteiger partial charge in [-0.2, -0.15) is 4.98 Å². The van der Waals surface area contributed by atoms with Gasteiger partial charge in [0.25, 0.3) is 0 Å². The van der Waals surface area contributed by atoms with E-state index in [2.05, 4.69) is 53.0 Å². The molecule has 1 aromatic carbocycles. The molecule has 2 aliphatic rings. The van der Waals surface area contributed by atoms with Crippen molar-refractivity contribution in [3.05, 3.63) is 47.2 Å². The van der Waals surface area contributed by atoms with Gasteiger partial charge >= 0.3 is 6.01 Å². The number of ether oxygens (including phenoxy) is 2. The molecule has 6 nitrogen and oxygen atoms in total. The number of rotatable bonds is 6. The number of aromatic nitrogens is 2. The van der Waals surface area contributed by atoms with Crippen molar-refractivity contribution in [3.63, 3.8) is 0 Å². The first-order chi connectivity index (χ1) is 14.4. The third-order valence-electron chi connectivity index (χ3n) is 6.89. The van der Waals surface area contributed by atoms with Crippen molar-refractivity contribution < 1.29 is 14.6 Å². The average molecular weight is 412 g/mol. The number of methoxy groups -OCH3 is 2. The molecule has 1 aromatic heterocycles. The maximum absolute atomic E-state index is 11.8. The Morgan fingerprint density at radius 3 is 2.60 bits per heavy atom. The molecule has 6 heteroatoms. The zero-order valence-corrected chi connectivity index (χ0v) is 18.5. The molecule has 4 rings (SSSR count). The van der Waals surface area contributed by atoms with Crippen molar-refractivity contribution in [2.24, 2.45) is 11.8 Å². The van der Waals surface area contributed by atoms with Gasteiger partial charge in [-0.05, 0) is 42.2 Å². The normalized spacial score (nSPS) is 26.6. The van der Waals surface area contributed by atoms with E-state index < -0.39 is 5.60 Å². The lowest BCUT2D eigenvalue weighted by Gasteiger charge is -2.41. The van der Waals surface area contributed by atoms with E-state index in [-0.39, 0.29) is 11.9 Å². The second-order valence-electron chi connectivity index (χ2n) is 9.05. The van der Waals surface area contributed by atoms with Crippen LogP contribution in [0, 0.1) is 11.8 Å². The summed E-state index contributed by atoms with van der Waals surface area (Å²) in [7, 11) is 3.11. The van der Waals surface area contributed by atoms with Crippen molar-refractivity contribution >= 4 is 0 Å². The number of hydrogen-bond acceptors (Lipinski definition) is 6. The average Bonchev–Trinajstić information content (AvgIpc) is 3.17. The molecule has 2 heterocycles. The summed E-state index contributed by atoms with van der Waals surface area (Å²) >= 11 is 0. The number of likely N-dealkylation sites (tertiary alicyclic amines) is 1. The first-order valence-electron chi connectivity index (χ1n) is 10.9. The van der Waals surface area contributed by atoms with Crippen LogP contribution in [0.15, 0.2) is 30.5 Å². The van der Waals surface area contributed by atoms with Gasteiger partial charge in [-0.3, -0.25) is 4.90 Å². The van der Waals surface area contributed by atoms with Crippen molar-refractivity contribution in [1.82, 2.24) is 14.9 Å². The van der Waals surface area contributed by atoms with E-state index in [1.54, 1.807) is 13.3 Å². The maximum atomic E-state index is 11.8. The number of fused-ring (bicyclic) bond motifs is 1. The van der Waals surface area contributed by atoms with Gasteiger partial charge in [-0.15, -0.1) is 0 Å². The van der Waals surface area contributed by atoms with Crippen LogP contribution in [0.2, 0.25) is 0 Å². The minimum atomic E-state index is -0.975. The van der Waals surface area contributed by atoms with Crippen molar-refractivity contribution in [1.29, 1.82) is 0 Å². The SMILES string of the molecule is COc1ncc([C@]2(O)CCC[C@H]3CN(Cc4ccc(C(C)C)cc4)C[C@H]32)c(OC)n1. The highest BCUT2D eigenvalue weighted by Gasteiger charge is 2.51. The highest BCUT2D eigenvalue weighted by atomic mass is 16.5. The largest absolute Gasteiger partial charge is 0.481 e. The maximum Gasteiger partial charge on any atom is 0.319 e. The molecule has 0 bridgehead atoms. The zero-order chi connectivity index (χ0) is 21.3. The lowest BCUT2D eigenvalue weighted by molar-refractivity contribution is -0.0669.